The maximum Gasteiger partial charge on any atom is 0.272 e. The molecule has 0 atom stereocenters. The molecule has 8 nitrogen and oxygen atoms in total. The molecule has 1 N–H and O–H groups in total. The molecule has 0 aromatic heterocycles. The topological polar surface area (TPSA) is 85.5 Å². The van der Waals surface area contributed by atoms with Crippen LogP contribution in [-0.2, 0) is 0 Å². The largest absolute Gasteiger partial charge is 0.388 e. The lowest BCUT2D eigenvalue weighted by atomic mass is 9.89. The van der Waals surface area contributed by atoms with Crippen LogP contribution in [0.1, 0.15) is 32.6 Å². The Bertz CT molecular complexity index is 787. The van der Waals surface area contributed by atoms with Crippen molar-refractivity contribution in [2.45, 2.75) is 44.2 Å². The number of nitro groups is 1. The fourth-order valence-electron chi connectivity index (χ4n) is 4.37. The Morgan fingerprint density at radius 3 is 2.57 bits per heavy atom. The van der Waals surface area contributed by atoms with Gasteiger partial charge in [-0.25, -0.2) is 4.39 Å². The SMILES string of the molecule is C=CN(/N=C\C)C1CCN(CC2(O)CCN(c3ccc([N+](=O)[O-])cc3F)CC2)CC1. The summed E-state index contributed by atoms with van der Waals surface area (Å²) in [7, 11) is 0. The van der Waals surface area contributed by atoms with Gasteiger partial charge >= 0.3 is 0 Å². The highest BCUT2D eigenvalue weighted by Crippen LogP contribution is 2.31. The van der Waals surface area contributed by atoms with Gasteiger partial charge in [0.2, 0.25) is 0 Å². The first-order valence-electron chi connectivity index (χ1n) is 10.4. The zero-order valence-electron chi connectivity index (χ0n) is 17.4. The second-order valence-electron chi connectivity index (χ2n) is 8.05. The van der Waals surface area contributed by atoms with E-state index in [0.717, 1.165) is 32.0 Å². The van der Waals surface area contributed by atoms with E-state index < -0.39 is 16.3 Å². The summed E-state index contributed by atoms with van der Waals surface area (Å²) in [6.45, 7) is 9.10. The molecule has 0 radical (unpaired) electrons. The highest BCUT2D eigenvalue weighted by Gasteiger charge is 2.36. The van der Waals surface area contributed by atoms with Gasteiger partial charge in [0.25, 0.3) is 5.69 Å². The number of aliphatic hydroxyl groups is 1. The van der Waals surface area contributed by atoms with Crippen LogP contribution < -0.4 is 4.90 Å². The summed E-state index contributed by atoms with van der Waals surface area (Å²) in [6.07, 6.45) is 6.49. The van der Waals surface area contributed by atoms with Crippen LogP contribution in [0.25, 0.3) is 0 Å². The smallest absolute Gasteiger partial charge is 0.272 e. The second kappa shape index (κ2) is 9.53. The molecular weight excluding hydrogens is 389 g/mol. The number of hydrogen-bond donors (Lipinski definition) is 1. The van der Waals surface area contributed by atoms with E-state index in [9.17, 15) is 19.6 Å². The van der Waals surface area contributed by atoms with Crippen molar-refractivity contribution in [3.63, 3.8) is 0 Å². The zero-order valence-corrected chi connectivity index (χ0v) is 17.4. The standard InChI is InChI=1S/C21H30FN5O3/c1-3-23-26(4-2)17-7-11-24(12-8-17)16-21(28)9-13-25(14-10-21)20-6-5-18(27(29)30)15-19(20)22/h3-6,15,17,28H,2,7-14,16H2,1H3/b23-3-. The molecular formula is C21H30FN5O3. The summed E-state index contributed by atoms with van der Waals surface area (Å²) in [4.78, 5) is 14.3. The highest BCUT2D eigenvalue weighted by molar-refractivity contribution is 5.53. The third-order valence-corrected chi connectivity index (χ3v) is 6.06. The number of piperidine rings is 2. The first kappa shape index (κ1) is 22.2. The first-order chi connectivity index (χ1) is 14.3. The van der Waals surface area contributed by atoms with E-state index in [1.165, 1.54) is 12.1 Å². The number of benzene rings is 1. The van der Waals surface area contributed by atoms with E-state index in [1.54, 1.807) is 12.4 Å². The summed E-state index contributed by atoms with van der Waals surface area (Å²) in [5.41, 5.74) is -0.711. The second-order valence-corrected chi connectivity index (χ2v) is 8.05. The minimum Gasteiger partial charge on any atom is -0.388 e. The molecule has 2 aliphatic heterocycles. The molecule has 0 amide bonds. The predicted octanol–water partition coefficient (Wildman–Crippen LogP) is 2.98. The zero-order chi connectivity index (χ0) is 21.7. The third-order valence-electron chi connectivity index (χ3n) is 6.06. The molecule has 0 spiro atoms. The van der Waals surface area contributed by atoms with Crippen LogP contribution in [0.5, 0.6) is 0 Å². The van der Waals surface area contributed by atoms with E-state index in [2.05, 4.69) is 16.6 Å². The molecule has 30 heavy (non-hydrogen) atoms. The number of nitrogens with zero attached hydrogens (tertiary/aromatic N) is 5. The molecule has 2 heterocycles. The Kier molecular flexibility index (Phi) is 7.04. The molecule has 164 valence electrons. The van der Waals surface area contributed by atoms with Crippen molar-refractivity contribution in [3.05, 3.63) is 46.9 Å². The van der Waals surface area contributed by atoms with Gasteiger partial charge in [-0.3, -0.25) is 15.1 Å². The van der Waals surface area contributed by atoms with Crippen molar-refractivity contribution in [2.24, 2.45) is 5.10 Å². The van der Waals surface area contributed by atoms with Gasteiger partial charge in [-0.1, -0.05) is 6.58 Å². The van der Waals surface area contributed by atoms with Gasteiger partial charge in [0.15, 0.2) is 5.82 Å². The monoisotopic (exact) mass is 419 g/mol. The molecule has 0 bridgehead atoms. The molecule has 0 saturated carbocycles. The van der Waals surface area contributed by atoms with Crippen molar-refractivity contribution < 1.29 is 14.4 Å². The molecule has 2 fully saturated rings. The molecule has 9 heteroatoms. The van der Waals surface area contributed by atoms with E-state index in [-0.39, 0.29) is 5.69 Å². The molecule has 1 aromatic carbocycles. The van der Waals surface area contributed by atoms with Crippen LogP contribution in [0.2, 0.25) is 0 Å². The summed E-state index contributed by atoms with van der Waals surface area (Å²) in [6, 6.07) is 4.05. The Hall–Kier alpha value is -2.52. The van der Waals surface area contributed by atoms with Crippen LogP contribution in [0.4, 0.5) is 15.8 Å². The van der Waals surface area contributed by atoms with Gasteiger partial charge in [0.05, 0.1) is 28.3 Å². The van der Waals surface area contributed by atoms with Crippen molar-refractivity contribution in [1.82, 2.24) is 9.91 Å². The molecule has 2 saturated heterocycles. The van der Waals surface area contributed by atoms with Crippen LogP contribution in [-0.4, -0.2) is 70.5 Å². The Morgan fingerprint density at radius 1 is 1.37 bits per heavy atom. The number of rotatable bonds is 7. The number of hydrazone groups is 1. The van der Waals surface area contributed by atoms with Gasteiger partial charge in [-0.2, -0.15) is 5.10 Å². The number of halogens is 1. The molecule has 0 unspecified atom stereocenters. The van der Waals surface area contributed by atoms with E-state index in [1.807, 2.05) is 16.8 Å². The van der Waals surface area contributed by atoms with Crippen LogP contribution in [0.3, 0.4) is 0 Å². The number of β-amino-alcohol motifs (C(OH)–C–C–N with tert-alkyl or cyclic N) is 1. The van der Waals surface area contributed by atoms with E-state index in [0.29, 0.717) is 44.2 Å². The van der Waals surface area contributed by atoms with Gasteiger partial charge in [-0.05, 0) is 38.7 Å². The lowest BCUT2D eigenvalue weighted by molar-refractivity contribution is -0.385. The summed E-state index contributed by atoms with van der Waals surface area (Å²) in [5.74, 6) is -0.599. The Balaban J connectivity index is 1.52. The minimum atomic E-state index is -0.805. The summed E-state index contributed by atoms with van der Waals surface area (Å²) in [5, 5.41) is 28.1. The normalized spacial score (nSPS) is 20.4. The van der Waals surface area contributed by atoms with Gasteiger partial charge < -0.3 is 14.9 Å². The third kappa shape index (κ3) is 5.14. The Morgan fingerprint density at radius 2 is 2.03 bits per heavy atom. The maximum absolute atomic E-state index is 14.3. The molecule has 1 aromatic rings. The Labute approximate surface area is 176 Å². The number of hydrogen-bond acceptors (Lipinski definition) is 7. The minimum absolute atomic E-state index is 0.257. The van der Waals surface area contributed by atoms with Gasteiger partial charge in [0, 0.05) is 51.2 Å². The first-order valence-corrected chi connectivity index (χ1v) is 10.4. The number of nitro benzene ring substituents is 1. The van der Waals surface area contributed by atoms with Crippen LogP contribution in [0, 0.1) is 15.9 Å². The van der Waals surface area contributed by atoms with Crippen LogP contribution >= 0.6 is 0 Å². The van der Waals surface area contributed by atoms with Crippen molar-refractivity contribution in [1.29, 1.82) is 0 Å². The van der Waals surface area contributed by atoms with Crippen molar-refractivity contribution >= 4 is 17.6 Å². The van der Waals surface area contributed by atoms with Crippen molar-refractivity contribution in [3.8, 4) is 0 Å². The molecule has 3 rings (SSSR count). The quantitative estimate of drug-likeness (QED) is 0.415. The van der Waals surface area contributed by atoms with E-state index >= 15 is 0 Å². The molecule has 0 aliphatic carbocycles. The number of non-ortho nitro benzene ring substituents is 1. The number of likely N-dealkylation sites (tertiary alicyclic amines) is 1. The lowest BCUT2D eigenvalue weighted by Crippen LogP contribution is -2.53. The average Bonchev–Trinajstić information content (AvgIpc) is 2.73. The van der Waals surface area contributed by atoms with Gasteiger partial charge in [-0.15, -0.1) is 0 Å². The van der Waals surface area contributed by atoms with Crippen LogP contribution in [0.15, 0.2) is 36.1 Å². The summed E-state index contributed by atoms with van der Waals surface area (Å²) >= 11 is 0. The molecule has 2 aliphatic rings. The fourth-order valence-corrected chi connectivity index (χ4v) is 4.37. The van der Waals surface area contributed by atoms with Gasteiger partial charge in [0.1, 0.15) is 0 Å². The predicted molar refractivity (Wildman–Crippen MR) is 115 cm³/mol. The highest BCUT2D eigenvalue weighted by atomic mass is 19.1. The van der Waals surface area contributed by atoms with Crippen molar-refractivity contribution in [2.75, 3.05) is 37.6 Å². The fraction of sp³-hybridized carbons (Fsp3) is 0.571. The maximum atomic E-state index is 14.3. The lowest BCUT2D eigenvalue weighted by Gasteiger charge is -2.43. The summed E-state index contributed by atoms with van der Waals surface area (Å²) < 4.78 is 14.3. The average molecular weight is 420 g/mol. The number of anilines is 1. The van der Waals surface area contributed by atoms with E-state index in [4.69, 9.17) is 0 Å².